The highest BCUT2D eigenvalue weighted by Gasteiger charge is 2.26. The molecule has 4 heteroatoms. The number of carboxylic acids is 1. The van der Waals surface area contributed by atoms with Crippen LogP contribution in [0.15, 0.2) is 48.2 Å². The van der Waals surface area contributed by atoms with Gasteiger partial charge in [-0.1, -0.05) is 6.07 Å². The van der Waals surface area contributed by atoms with Gasteiger partial charge in [0.15, 0.2) is 0 Å². The van der Waals surface area contributed by atoms with Gasteiger partial charge in [-0.15, -0.1) is 0 Å². The third-order valence-electron chi connectivity index (χ3n) is 3.39. The summed E-state index contributed by atoms with van der Waals surface area (Å²) in [5.41, 5.74) is 1.78. The quantitative estimate of drug-likeness (QED) is 0.847. The number of aliphatic carboxylic acids is 1. The normalized spacial score (nSPS) is 15.3. The van der Waals surface area contributed by atoms with Gasteiger partial charge in [0.05, 0.1) is 5.52 Å². The van der Waals surface area contributed by atoms with Crippen LogP contribution in [0.5, 0.6) is 5.75 Å². The van der Waals surface area contributed by atoms with Gasteiger partial charge in [-0.3, -0.25) is 4.98 Å². The Bertz CT molecular complexity index is 674. The van der Waals surface area contributed by atoms with Crippen molar-refractivity contribution in [1.29, 1.82) is 0 Å². The SMILES string of the molecule is O=C(O)/C=C(/COc1ccc2ncccc2c1)C1CC1. The molecule has 0 unspecified atom stereocenters. The number of carboxylic acid groups (broad SMARTS) is 1. The molecule has 1 aromatic carbocycles. The standard InChI is InChI=1S/C16H15NO3/c18-16(19)9-13(11-3-4-11)10-20-14-5-6-15-12(8-14)2-1-7-17-15/h1-2,5-9,11H,3-4,10H2,(H,18,19)/b13-9-. The smallest absolute Gasteiger partial charge is 0.328 e. The molecule has 4 nitrogen and oxygen atoms in total. The molecule has 0 atom stereocenters. The van der Waals surface area contributed by atoms with Crippen LogP contribution >= 0.6 is 0 Å². The number of pyridine rings is 1. The van der Waals surface area contributed by atoms with Crippen molar-refractivity contribution < 1.29 is 14.6 Å². The van der Waals surface area contributed by atoms with Gasteiger partial charge in [-0.05, 0) is 48.6 Å². The summed E-state index contributed by atoms with van der Waals surface area (Å²) in [5, 5.41) is 9.87. The number of aromatic nitrogens is 1. The van der Waals surface area contributed by atoms with Crippen molar-refractivity contribution in [1.82, 2.24) is 4.98 Å². The fourth-order valence-corrected chi connectivity index (χ4v) is 2.20. The van der Waals surface area contributed by atoms with Crippen molar-refractivity contribution in [2.75, 3.05) is 6.61 Å². The molecule has 0 spiro atoms. The van der Waals surface area contributed by atoms with Gasteiger partial charge in [-0.2, -0.15) is 0 Å². The van der Waals surface area contributed by atoms with Gasteiger partial charge >= 0.3 is 5.97 Å². The highest BCUT2D eigenvalue weighted by atomic mass is 16.5. The number of nitrogens with zero attached hydrogens (tertiary/aromatic N) is 1. The van der Waals surface area contributed by atoms with E-state index in [1.54, 1.807) is 6.20 Å². The van der Waals surface area contributed by atoms with Crippen LogP contribution in [0.4, 0.5) is 0 Å². The van der Waals surface area contributed by atoms with Crippen LogP contribution in [0.3, 0.4) is 0 Å². The van der Waals surface area contributed by atoms with Crippen molar-refractivity contribution >= 4 is 16.9 Å². The van der Waals surface area contributed by atoms with E-state index >= 15 is 0 Å². The fourth-order valence-electron chi connectivity index (χ4n) is 2.20. The third-order valence-corrected chi connectivity index (χ3v) is 3.39. The van der Waals surface area contributed by atoms with E-state index < -0.39 is 5.97 Å². The molecule has 1 saturated carbocycles. The van der Waals surface area contributed by atoms with Crippen LogP contribution < -0.4 is 4.74 Å². The fraction of sp³-hybridized carbons (Fsp3) is 0.250. The number of benzene rings is 1. The monoisotopic (exact) mass is 269 g/mol. The summed E-state index contributed by atoms with van der Waals surface area (Å²) in [6, 6.07) is 9.55. The lowest BCUT2D eigenvalue weighted by Crippen LogP contribution is -2.05. The number of fused-ring (bicyclic) bond motifs is 1. The highest BCUT2D eigenvalue weighted by molar-refractivity contribution is 5.81. The molecule has 20 heavy (non-hydrogen) atoms. The zero-order chi connectivity index (χ0) is 13.9. The molecule has 0 aliphatic heterocycles. The second kappa shape index (κ2) is 5.33. The zero-order valence-corrected chi connectivity index (χ0v) is 11.0. The Labute approximate surface area is 116 Å². The molecular weight excluding hydrogens is 254 g/mol. The first-order chi connectivity index (χ1) is 9.72. The maximum atomic E-state index is 10.8. The molecule has 0 radical (unpaired) electrons. The van der Waals surface area contributed by atoms with E-state index in [1.165, 1.54) is 6.08 Å². The van der Waals surface area contributed by atoms with Crippen LogP contribution in [0.2, 0.25) is 0 Å². The zero-order valence-electron chi connectivity index (χ0n) is 11.0. The molecule has 1 aliphatic rings. The van der Waals surface area contributed by atoms with Crippen LogP contribution in [-0.2, 0) is 4.79 Å². The van der Waals surface area contributed by atoms with Crippen molar-refractivity contribution in [2.24, 2.45) is 5.92 Å². The van der Waals surface area contributed by atoms with Gasteiger partial charge in [0.2, 0.25) is 0 Å². The molecule has 1 N–H and O–H groups in total. The number of hydrogen-bond acceptors (Lipinski definition) is 3. The predicted octanol–water partition coefficient (Wildman–Crippen LogP) is 3.03. The average molecular weight is 269 g/mol. The minimum absolute atomic E-state index is 0.336. The minimum atomic E-state index is -0.904. The Morgan fingerprint density at radius 2 is 2.25 bits per heavy atom. The number of ether oxygens (including phenoxy) is 1. The first kappa shape index (κ1) is 12.7. The molecule has 102 valence electrons. The first-order valence-corrected chi connectivity index (χ1v) is 6.63. The summed E-state index contributed by atoms with van der Waals surface area (Å²) < 4.78 is 5.72. The maximum absolute atomic E-state index is 10.8. The molecular formula is C16H15NO3. The minimum Gasteiger partial charge on any atom is -0.489 e. The summed E-state index contributed by atoms with van der Waals surface area (Å²) in [7, 11) is 0. The lowest BCUT2D eigenvalue weighted by Gasteiger charge is -2.09. The summed E-state index contributed by atoms with van der Waals surface area (Å²) in [6.07, 6.45) is 5.15. The Kier molecular flexibility index (Phi) is 3.37. The van der Waals surface area contributed by atoms with Gasteiger partial charge in [0.25, 0.3) is 0 Å². The summed E-state index contributed by atoms with van der Waals surface area (Å²) >= 11 is 0. The van der Waals surface area contributed by atoms with Crippen LogP contribution in [0.1, 0.15) is 12.8 Å². The van der Waals surface area contributed by atoms with E-state index in [4.69, 9.17) is 9.84 Å². The summed E-state index contributed by atoms with van der Waals surface area (Å²) in [5.74, 6) is 0.217. The predicted molar refractivity (Wildman–Crippen MR) is 75.7 cm³/mol. The van der Waals surface area contributed by atoms with Crippen LogP contribution in [0.25, 0.3) is 10.9 Å². The molecule has 1 heterocycles. The van der Waals surface area contributed by atoms with Gasteiger partial charge in [0, 0.05) is 17.7 Å². The molecule has 1 aliphatic carbocycles. The number of hydrogen-bond donors (Lipinski definition) is 1. The molecule has 1 aromatic heterocycles. The molecule has 3 rings (SSSR count). The van der Waals surface area contributed by atoms with Crippen molar-refractivity contribution in [2.45, 2.75) is 12.8 Å². The average Bonchev–Trinajstić information content (AvgIpc) is 3.27. The van der Waals surface area contributed by atoms with Gasteiger partial charge in [-0.25, -0.2) is 4.79 Å². The second-order valence-electron chi connectivity index (χ2n) is 4.98. The number of carbonyl (C=O) groups is 1. The van der Waals surface area contributed by atoms with E-state index in [0.717, 1.165) is 35.1 Å². The molecule has 0 saturated heterocycles. The Morgan fingerprint density at radius 1 is 1.40 bits per heavy atom. The van der Waals surface area contributed by atoms with E-state index in [-0.39, 0.29) is 0 Å². The van der Waals surface area contributed by atoms with Gasteiger partial charge in [0.1, 0.15) is 12.4 Å². The molecule has 2 aromatic rings. The summed E-state index contributed by atoms with van der Waals surface area (Å²) in [4.78, 5) is 15.0. The van der Waals surface area contributed by atoms with Crippen molar-refractivity contribution in [3.8, 4) is 5.75 Å². The Balaban J connectivity index is 1.74. The van der Waals surface area contributed by atoms with Crippen molar-refractivity contribution in [3.05, 3.63) is 48.2 Å². The molecule has 0 bridgehead atoms. The van der Waals surface area contributed by atoms with Crippen molar-refractivity contribution in [3.63, 3.8) is 0 Å². The maximum Gasteiger partial charge on any atom is 0.328 e. The lowest BCUT2D eigenvalue weighted by molar-refractivity contribution is -0.131. The largest absolute Gasteiger partial charge is 0.489 e. The highest BCUT2D eigenvalue weighted by Crippen LogP contribution is 2.36. The topological polar surface area (TPSA) is 59.4 Å². The lowest BCUT2D eigenvalue weighted by atomic mass is 10.1. The van der Waals surface area contributed by atoms with Crippen LogP contribution in [-0.4, -0.2) is 22.7 Å². The number of rotatable bonds is 5. The van der Waals surface area contributed by atoms with Gasteiger partial charge < -0.3 is 9.84 Å². The first-order valence-electron chi connectivity index (χ1n) is 6.63. The summed E-state index contributed by atoms with van der Waals surface area (Å²) in [6.45, 7) is 0.336. The second-order valence-corrected chi connectivity index (χ2v) is 4.98. The van der Waals surface area contributed by atoms with E-state index in [1.807, 2.05) is 30.3 Å². The third kappa shape index (κ3) is 2.96. The van der Waals surface area contributed by atoms with Crippen LogP contribution in [0, 0.1) is 5.92 Å². The Morgan fingerprint density at radius 3 is 3.00 bits per heavy atom. The van der Waals surface area contributed by atoms with E-state index in [2.05, 4.69) is 4.98 Å². The van der Waals surface area contributed by atoms with E-state index in [9.17, 15) is 4.79 Å². The molecule has 0 amide bonds. The van der Waals surface area contributed by atoms with E-state index in [0.29, 0.717) is 12.5 Å². The molecule has 1 fully saturated rings. The Hall–Kier alpha value is -2.36.